The van der Waals surface area contributed by atoms with E-state index in [4.69, 9.17) is 10.3 Å². The number of pyridine rings is 2. The Hall–Kier alpha value is -2.59. The molecule has 0 saturated carbocycles. The number of nitrogens with one attached hydrogen (secondary N) is 1. The first-order chi connectivity index (χ1) is 14.5. The van der Waals surface area contributed by atoms with Gasteiger partial charge in [-0.05, 0) is 69.4 Å². The van der Waals surface area contributed by atoms with E-state index in [1.165, 1.54) is 0 Å². The van der Waals surface area contributed by atoms with Crippen LogP contribution in [0.1, 0.15) is 16.2 Å². The van der Waals surface area contributed by atoms with Gasteiger partial charge in [0.1, 0.15) is 18.7 Å². The molecule has 0 aliphatic rings. The highest BCUT2D eigenvalue weighted by Crippen LogP contribution is 2.20. The lowest BCUT2D eigenvalue weighted by atomic mass is 10.2. The molecule has 0 bridgehead atoms. The summed E-state index contributed by atoms with van der Waals surface area (Å²) in [6.45, 7) is 1.77. The molecule has 5 aromatic rings. The van der Waals surface area contributed by atoms with Crippen LogP contribution in [-0.4, -0.2) is 34.9 Å². The Morgan fingerprint density at radius 1 is 1.03 bits per heavy atom. The van der Waals surface area contributed by atoms with E-state index >= 15 is 0 Å². The monoisotopic (exact) mass is 628 g/mol. The largest absolute Gasteiger partial charge is 0.421 e. The third kappa shape index (κ3) is 4.15. The molecule has 0 atom stereocenters. The van der Waals surface area contributed by atoms with Crippen molar-refractivity contribution in [1.82, 2.24) is 34.4 Å². The summed E-state index contributed by atoms with van der Waals surface area (Å²) in [5, 5.41) is 7.78. The van der Waals surface area contributed by atoms with E-state index in [2.05, 4.69) is 70.8 Å². The Morgan fingerprint density at radius 2 is 1.67 bits per heavy atom. The van der Waals surface area contributed by atoms with Crippen LogP contribution >= 0.6 is 45.2 Å². The highest BCUT2D eigenvalue weighted by Gasteiger charge is 2.08. The molecular weight excluding hydrogens is 614 g/mol. The van der Waals surface area contributed by atoms with E-state index in [0.29, 0.717) is 17.3 Å². The zero-order valence-corrected chi connectivity index (χ0v) is 19.8. The van der Waals surface area contributed by atoms with Crippen molar-refractivity contribution in [3.63, 3.8) is 0 Å². The van der Waals surface area contributed by atoms with Crippen LogP contribution in [0.4, 0.5) is 0 Å². The number of aryl methyl sites for hydroxylation is 1. The third-order valence-electron chi connectivity index (χ3n) is 4.10. The minimum absolute atomic E-state index is 0.314. The molecule has 0 spiro atoms. The summed E-state index contributed by atoms with van der Waals surface area (Å²) in [5.74, 6) is 5.80. The van der Waals surface area contributed by atoms with E-state index in [1.54, 1.807) is 31.5 Å². The van der Waals surface area contributed by atoms with Gasteiger partial charge in [0.15, 0.2) is 0 Å². The number of halogens is 2. The van der Waals surface area contributed by atoms with Crippen LogP contribution in [0, 0.1) is 14.3 Å². The molecule has 0 aromatic carbocycles. The predicted molar refractivity (Wildman–Crippen MR) is 126 cm³/mol. The van der Waals surface area contributed by atoms with Gasteiger partial charge >= 0.3 is 0 Å². The van der Waals surface area contributed by atoms with Gasteiger partial charge < -0.3 is 4.42 Å². The maximum absolute atomic E-state index is 11.2. The molecule has 0 saturated heterocycles. The van der Waals surface area contributed by atoms with Crippen molar-refractivity contribution in [3.05, 3.63) is 67.9 Å². The molecule has 5 aromatic heterocycles. The molecule has 1 amide bonds. The zero-order valence-electron chi connectivity index (χ0n) is 15.5. The number of hydrogen-bond acceptors (Lipinski definition) is 7. The Kier molecular flexibility index (Phi) is 5.96. The molecule has 0 fully saturated rings. The summed E-state index contributed by atoms with van der Waals surface area (Å²) in [4.78, 5) is 19.6. The molecule has 5 rings (SSSR count). The predicted octanol–water partition coefficient (Wildman–Crippen LogP) is 2.84. The number of carbonyl (C=O) groups excluding carboxylic acids is 1. The summed E-state index contributed by atoms with van der Waals surface area (Å²) >= 11 is 4.40. The quantitative estimate of drug-likeness (QED) is 0.133. The number of hydrogen-bond donors (Lipinski definition) is 2. The second kappa shape index (κ2) is 8.65. The second-order valence-electron chi connectivity index (χ2n) is 6.05. The summed E-state index contributed by atoms with van der Waals surface area (Å²) in [5.41, 5.74) is 5.07. The van der Waals surface area contributed by atoms with Crippen LogP contribution in [0.3, 0.4) is 0 Å². The Bertz CT molecular complexity index is 1360. The van der Waals surface area contributed by atoms with E-state index in [1.807, 2.05) is 33.3 Å². The first-order valence-electron chi connectivity index (χ1n) is 8.53. The SMILES string of the molecule is Cc1nnc(-c2ccn3c(I)cnc3c2)o1.NNC(=O)c1ccn2c(I)cnc2c1. The summed E-state index contributed by atoms with van der Waals surface area (Å²) < 4.78 is 11.3. The highest BCUT2D eigenvalue weighted by atomic mass is 127. The van der Waals surface area contributed by atoms with Crippen molar-refractivity contribution in [1.29, 1.82) is 0 Å². The number of fused-ring (bicyclic) bond motifs is 2. The van der Waals surface area contributed by atoms with E-state index < -0.39 is 0 Å². The van der Waals surface area contributed by atoms with Gasteiger partial charge in [-0.2, -0.15) is 0 Å². The Morgan fingerprint density at radius 3 is 2.27 bits per heavy atom. The van der Waals surface area contributed by atoms with Crippen molar-refractivity contribution in [2.75, 3.05) is 0 Å². The molecule has 0 aliphatic carbocycles. The lowest BCUT2D eigenvalue weighted by molar-refractivity contribution is 0.0953. The number of nitrogens with zero attached hydrogens (tertiary/aromatic N) is 6. The Balaban J connectivity index is 0.000000147. The van der Waals surface area contributed by atoms with Crippen molar-refractivity contribution >= 4 is 62.4 Å². The number of hydrazine groups is 1. The average molecular weight is 628 g/mol. The molecular formula is C18H14I2N8O2. The van der Waals surface area contributed by atoms with E-state index in [0.717, 1.165) is 24.3 Å². The molecule has 0 aliphatic heterocycles. The molecule has 3 N–H and O–H groups in total. The molecule has 10 nitrogen and oxygen atoms in total. The van der Waals surface area contributed by atoms with Crippen LogP contribution in [0.2, 0.25) is 0 Å². The van der Waals surface area contributed by atoms with Crippen LogP contribution in [-0.2, 0) is 0 Å². The zero-order chi connectivity index (χ0) is 21.3. The van der Waals surface area contributed by atoms with Crippen molar-refractivity contribution in [3.8, 4) is 11.5 Å². The van der Waals surface area contributed by atoms with E-state index in [9.17, 15) is 4.79 Å². The van der Waals surface area contributed by atoms with Gasteiger partial charge in [-0.15, -0.1) is 10.2 Å². The summed E-state index contributed by atoms with van der Waals surface area (Å²) in [6, 6.07) is 7.24. The van der Waals surface area contributed by atoms with Gasteiger partial charge in [-0.25, -0.2) is 15.8 Å². The molecule has 30 heavy (non-hydrogen) atoms. The molecule has 152 valence electrons. The van der Waals surface area contributed by atoms with Gasteiger partial charge in [-0.3, -0.25) is 19.0 Å². The Labute approximate surface area is 197 Å². The van der Waals surface area contributed by atoms with Crippen LogP contribution in [0.25, 0.3) is 22.7 Å². The summed E-state index contributed by atoms with van der Waals surface area (Å²) in [7, 11) is 0. The number of nitrogen functional groups attached to an aromatic ring is 1. The van der Waals surface area contributed by atoms with Gasteiger partial charge in [0, 0.05) is 30.4 Å². The van der Waals surface area contributed by atoms with Crippen molar-refractivity contribution in [2.45, 2.75) is 6.92 Å². The van der Waals surface area contributed by atoms with Gasteiger partial charge in [0.05, 0.1) is 12.4 Å². The molecule has 0 radical (unpaired) electrons. The number of nitrogens with two attached hydrogens (primary N) is 1. The van der Waals surface area contributed by atoms with E-state index in [-0.39, 0.29) is 5.91 Å². The van der Waals surface area contributed by atoms with Crippen molar-refractivity contribution in [2.24, 2.45) is 5.84 Å². The average Bonchev–Trinajstić information content (AvgIpc) is 3.47. The lowest BCUT2D eigenvalue weighted by Gasteiger charge is -2.00. The number of rotatable bonds is 2. The van der Waals surface area contributed by atoms with Crippen LogP contribution in [0.5, 0.6) is 0 Å². The molecule has 5 heterocycles. The maximum atomic E-state index is 11.2. The summed E-state index contributed by atoms with van der Waals surface area (Å²) in [6.07, 6.45) is 7.28. The minimum atomic E-state index is -0.314. The fraction of sp³-hybridized carbons (Fsp3) is 0.0556. The number of imidazole rings is 2. The smallest absolute Gasteiger partial charge is 0.265 e. The topological polar surface area (TPSA) is 129 Å². The first kappa shape index (κ1) is 20.7. The van der Waals surface area contributed by atoms with Crippen LogP contribution in [0.15, 0.2) is 53.5 Å². The number of carbonyl (C=O) groups is 1. The minimum Gasteiger partial charge on any atom is -0.421 e. The molecule has 0 unspecified atom stereocenters. The molecule has 12 heteroatoms. The standard InChI is InChI=1S/C10H7IN4O.C8H7IN4O/c1-6-13-14-10(16-6)7-2-3-15-8(11)5-12-9(15)4-7;9-6-4-11-7-3-5(8(14)12-10)1-2-13(6)7/h2-5H,1H3;1-4H,10H2,(H,12,14). The van der Waals surface area contributed by atoms with Gasteiger partial charge in [0.2, 0.25) is 11.8 Å². The van der Waals surface area contributed by atoms with Gasteiger partial charge in [-0.1, -0.05) is 0 Å². The highest BCUT2D eigenvalue weighted by molar-refractivity contribution is 14.1. The van der Waals surface area contributed by atoms with Crippen molar-refractivity contribution < 1.29 is 9.21 Å². The second-order valence-corrected chi connectivity index (χ2v) is 8.26. The van der Waals surface area contributed by atoms with Crippen LogP contribution < -0.4 is 11.3 Å². The fourth-order valence-corrected chi connectivity index (χ4v) is 3.76. The maximum Gasteiger partial charge on any atom is 0.265 e. The third-order valence-corrected chi connectivity index (χ3v) is 5.70. The normalized spacial score (nSPS) is 10.8. The first-order valence-corrected chi connectivity index (χ1v) is 10.7. The number of aromatic nitrogens is 6. The fourth-order valence-electron chi connectivity index (χ4n) is 2.67. The number of amides is 1. The van der Waals surface area contributed by atoms with Gasteiger partial charge in [0.25, 0.3) is 5.91 Å². The lowest BCUT2D eigenvalue weighted by Crippen LogP contribution is -2.29.